The van der Waals surface area contributed by atoms with E-state index in [0.29, 0.717) is 6.61 Å². The number of hydrogen-bond acceptors (Lipinski definition) is 4. The lowest BCUT2D eigenvalue weighted by Crippen LogP contribution is -2.38. The van der Waals surface area contributed by atoms with Crippen LogP contribution in [0.4, 0.5) is 0 Å². The van der Waals surface area contributed by atoms with Gasteiger partial charge in [0.05, 0.1) is 25.6 Å². The summed E-state index contributed by atoms with van der Waals surface area (Å²) in [5.74, 6) is -1.46. The van der Waals surface area contributed by atoms with Crippen molar-refractivity contribution in [3.05, 3.63) is 0 Å². The molecule has 4 heteroatoms. The maximum absolute atomic E-state index is 11.9. The zero-order valence-corrected chi connectivity index (χ0v) is 11.6. The van der Waals surface area contributed by atoms with Crippen molar-refractivity contribution >= 4 is 11.9 Å². The van der Waals surface area contributed by atoms with Gasteiger partial charge in [-0.25, -0.2) is 0 Å². The Morgan fingerprint density at radius 2 is 1.35 bits per heavy atom. The Morgan fingerprint density at radius 1 is 0.941 bits per heavy atom. The van der Waals surface area contributed by atoms with Crippen LogP contribution in [0.15, 0.2) is 0 Å². The lowest BCUT2D eigenvalue weighted by atomic mass is 9.77. The second kappa shape index (κ2) is 7.30. The molecular formula is C13H24O4. The minimum absolute atomic E-state index is 0.0410. The van der Waals surface area contributed by atoms with Crippen LogP contribution in [-0.2, 0) is 19.1 Å². The zero-order chi connectivity index (χ0) is 13.6. The molecule has 0 saturated carbocycles. The third-order valence-electron chi connectivity index (χ3n) is 2.86. The van der Waals surface area contributed by atoms with E-state index in [9.17, 15) is 9.59 Å². The van der Waals surface area contributed by atoms with Crippen molar-refractivity contribution in [2.24, 2.45) is 23.7 Å². The summed E-state index contributed by atoms with van der Waals surface area (Å²) >= 11 is 0. The summed E-state index contributed by atoms with van der Waals surface area (Å²) in [6.45, 7) is 9.75. The number of methoxy groups -OCH3 is 1. The summed E-state index contributed by atoms with van der Waals surface area (Å²) in [4.78, 5) is 23.7. The normalized spacial score (nSPS) is 14.6. The highest BCUT2D eigenvalue weighted by Crippen LogP contribution is 2.29. The number of ether oxygens (including phenoxy) is 2. The third kappa shape index (κ3) is 4.36. The van der Waals surface area contributed by atoms with Crippen molar-refractivity contribution in [2.45, 2.75) is 34.6 Å². The first kappa shape index (κ1) is 15.9. The fraction of sp³-hybridized carbons (Fsp3) is 0.846. The van der Waals surface area contributed by atoms with Crippen molar-refractivity contribution in [3.63, 3.8) is 0 Å². The average molecular weight is 244 g/mol. The van der Waals surface area contributed by atoms with E-state index in [1.54, 1.807) is 6.92 Å². The van der Waals surface area contributed by atoms with Gasteiger partial charge in [0.25, 0.3) is 0 Å². The number of rotatable bonds is 6. The molecule has 4 nitrogen and oxygen atoms in total. The van der Waals surface area contributed by atoms with E-state index < -0.39 is 11.8 Å². The lowest BCUT2D eigenvalue weighted by Gasteiger charge is -2.29. The molecule has 0 aromatic carbocycles. The van der Waals surface area contributed by atoms with Gasteiger partial charge in [0.1, 0.15) is 0 Å². The van der Waals surface area contributed by atoms with Gasteiger partial charge in [0.15, 0.2) is 0 Å². The fourth-order valence-corrected chi connectivity index (χ4v) is 2.04. The van der Waals surface area contributed by atoms with Crippen molar-refractivity contribution in [1.29, 1.82) is 0 Å². The number of carbonyl (C=O) groups excluding carboxylic acids is 2. The molecule has 2 unspecified atom stereocenters. The molecule has 0 aromatic rings. The molecule has 0 spiro atoms. The summed E-state index contributed by atoms with van der Waals surface area (Å²) in [6.07, 6.45) is 0. The molecule has 2 atom stereocenters. The monoisotopic (exact) mass is 244 g/mol. The van der Waals surface area contributed by atoms with E-state index in [0.717, 1.165) is 0 Å². The number of hydrogen-bond donors (Lipinski definition) is 0. The smallest absolute Gasteiger partial charge is 0.310 e. The molecule has 0 bridgehead atoms. The maximum atomic E-state index is 11.9. The summed E-state index contributed by atoms with van der Waals surface area (Å²) in [7, 11) is 1.35. The van der Waals surface area contributed by atoms with Gasteiger partial charge in [-0.15, -0.1) is 0 Å². The molecule has 0 saturated heterocycles. The second-order valence-corrected chi connectivity index (χ2v) is 4.81. The number of esters is 2. The quantitative estimate of drug-likeness (QED) is 0.672. The van der Waals surface area contributed by atoms with Crippen molar-refractivity contribution < 1.29 is 19.1 Å². The first-order valence-corrected chi connectivity index (χ1v) is 6.11. The van der Waals surface area contributed by atoms with E-state index in [4.69, 9.17) is 9.47 Å². The Balaban J connectivity index is 5.10. The summed E-state index contributed by atoms with van der Waals surface area (Å²) < 4.78 is 9.83. The second-order valence-electron chi connectivity index (χ2n) is 4.81. The summed E-state index contributed by atoms with van der Waals surface area (Å²) in [5.41, 5.74) is 0. The van der Waals surface area contributed by atoms with Crippen molar-refractivity contribution in [2.75, 3.05) is 13.7 Å². The lowest BCUT2D eigenvalue weighted by molar-refractivity contribution is -0.163. The van der Waals surface area contributed by atoms with Gasteiger partial charge in [-0.1, -0.05) is 27.7 Å². The molecule has 0 rings (SSSR count). The molecule has 0 fully saturated rings. The van der Waals surface area contributed by atoms with Crippen LogP contribution in [0, 0.1) is 23.7 Å². The molecule has 0 aliphatic heterocycles. The van der Waals surface area contributed by atoms with Crippen LogP contribution >= 0.6 is 0 Å². The van der Waals surface area contributed by atoms with Crippen LogP contribution in [0.25, 0.3) is 0 Å². The molecule has 0 aliphatic carbocycles. The molecular weight excluding hydrogens is 220 g/mol. The third-order valence-corrected chi connectivity index (χ3v) is 2.86. The topological polar surface area (TPSA) is 52.6 Å². The van der Waals surface area contributed by atoms with E-state index >= 15 is 0 Å². The summed E-state index contributed by atoms with van der Waals surface area (Å²) in [6, 6.07) is 0. The molecule has 17 heavy (non-hydrogen) atoms. The van der Waals surface area contributed by atoms with Gasteiger partial charge < -0.3 is 9.47 Å². The molecule has 0 aliphatic rings. The van der Waals surface area contributed by atoms with Gasteiger partial charge in [-0.3, -0.25) is 9.59 Å². The van der Waals surface area contributed by atoms with Crippen LogP contribution in [0.1, 0.15) is 34.6 Å². The zero-order valence-electron chi connectivity index (χ0n) is 11.6. The van der Waals surface area contributed by atoms with E-state index in [-0.39, 0.29) is 23.8 Å². The van der Waals surface area contributed by atoms with E-state index in [1.165, 1.54) is 7.11 Å². The molecule has 100 valence electrons. The Labute approximate surface area is 104 Å². The standard InChI is InChI=1S/C13H24O4/c1-7-17-13(15)11(9(4)5)10(8(2)3)12(14)16-6/h8-11H,7H2,1-6H3. The number of carbonyl (C=O) groups is 2. The summed E-state index contributed by atoms with van der Waals surface area (Å²) in [5, 5.41) is 0. The highest BCUT2D eigenvalue weighted by molar-refractivity contribution is 5.82. The van der Waals surface area contributed by atoms with E-state index in [1.807, 2.05) is 27.7 Å². The van der Waals surface area contributed by atoms with Gasteiger partial charge in [0, 0.05) is 0 Å². The first-order chi connectivity index (χ1) is 7.86. The van der Waals surface area contributed by atoms with E-state index in [2.05, 4.69) is 0 Å². The molecule has 0 heterocycles. The SMILES string of the molecule is CCOC(=O)C(C(C)C)C(C(=O)OC)C(C)C. The van der Waals surface area contributed by atoms with Crippen LogP contribution in [0.3, 0.4) is 0 Å². The Hall–Kier alpha value is -1.06. The average Bonchev–Trinajstić information content (AvgIpc) is 2.23. The predicted molar refractivity (Wildman–Crippen MR) is 65.3 cm³/mol. The minimum Gasteiger partial charge on any atom is -0.469 e. The van der Waals surface area contributed by atoms with Crippen LogP contribution < -0.4 is 0 Å². The van der Waals surface area contributed by atoms with Gasteiger partial charge in [-0.05, 0) is 18.8 Å². The van der Waals surface area contributed by atoms with Crippen LogP contribution in [0.2, 0.25) is 0 Å². The van der Waals surface area contributed by atoms with Gasteiger partial charge in [0.2, 0.25) is 0 Å². The van der Waals surface area contributed by atoms with Crippen molar-refractivity contribution in [3.8, 4) is 0 Å². The van der Waals surface area contributed by atoms with Gasteiger partial charge in [-0.2, -0.15) is 0 Å². The highest BCUT2D eigenvalue weighted by Gasteiger charge is 2.39. The Bertz CT molecular complexity index is 258. The molecule has 0 amide bonds. The maximum Gasteiger partial charge on any atom is 0.310 e. The molecule has 0 radical (unpaired) electrons. The van der Waals surface area contributed by atoms with Crippen LogP contribution in [-0.4, -0.2) is 25.7 Å². The van der Waals surface area contributed by atoms with Crippen molar-refractivity contribution in [1.82, 2.24) is 0 Å². The fourth-order valence-electron chi connectivity index (χ4n) is 2.04. The molecule has 0 aromatic heterocycles. The largest absolute Gasteiger partial charge is 0.469 e. The first-order valence-electron chi connectivity index (χ1n) is 6.11. The molecule has 0 N–H and O–H groups in total. The minimum atomic E-state index is -0.445. The van der Waals surface area contributed by atoms with Gasteiger partial charge >= 0.3 is 11.9 Å². The Kier molecular flexibility index (Phi) is 6.85. The highest BCUT2D eigenvalue weighted by atomic mass is 16.5. The van der Waals surface area contributed by atoms with Crippen LogP contribution in [0.5, 0.6) is 0 Å². The Morgan fingerprint density at radius 3 is 1.65 bits per heavy atom. The predicted octanol–water partition coefficient (Wildman–Crippen LogP) is 2.27.